The first-order valence-corrected chi connectivity index (χ1v) is 6.13. The van der Waals surface area contributed by atoms with Gasteiger partial charge in [-0.1, -0.05) is 24.6 Å². The maximum atomic E-state index is 9.01. The Bertz CT molecular complexity index is 543. The summed E-state index contributed by atoms with van der Waals surface area (Å²) in [7, 11) is 0. The molecule has 0 spiro atoms. The molecule has 0 fully saturated rings. The number of aryl methyl sites for hydroxylation is 1. The highest BCUT2D eigenvalue weighted by Gasteiger charge is 2.03. The molecule has 0 unspecified atom stereocenters. The third-order valence-corrected chi connectivity index (χ3v) is 2.93. The first-order valence-electron chi connectivity index (χ1n) is 5.76. The topological polar surface area (TPSA) is 42.4 Å². The lowest BCUT2D eigenvalue weighted by molar-refractivity contribution is 0.275. The van der Waals surface area contributed by atoms with E-state index in [-0.39, 0.29) is 6.61 Å². The summed E-state index contributed by atoms with van der Waals surface area (Å²) in [6.07, 6.45) is 0.847. The highest BCUT2D eigenvalue weighted by Crippen LogP contribution is 2.25. The Morgan fingerprint density at radius 1 is 1.28 bits per heavy atom. The number of hydrogen-bond acceptors (Lipinski definition) is 3. The van der Waals surface area contributed by atoms with Crippen molar-refractivity contribution in [1.29, 1.82) is 0 Å². The van der Waals surface area contributed by atoms with Crippen molar-refractivity contribution in [2.75, 3.05) is 0 Å². The molecule has 1 N–H and O–H groups in total. The molecule has 0 atom stereocenters. The summed E-state index contributed by atoms with van der Waals surface area (Å²) in [4.78, 5) is 4.16. The zero-order chi connectivity index (χ0) is 13.0. The van der Waals surface area contributed by atoms with Gasteiger partial charge in [-0.2, -0.15) is 0 Å². The van der Waals surface area contributed by atoms with Crippen LogP contribution in [0.2, 0.25) is 5.02 Å². The fourth-order valence-corrected chi connectivity index (χ4v) is 1.86. The average Bonchev–Trinajstić information content (AvgIpc) is 2.41. The quantitative estimate of drug-likeness (QED) is 0.917. The SMILES string of the molecule is CCc1cc(Oc2cccc(CO)n2)ccc1Cl. The number of aromatic nitrogens is 1. The number of rotatable bonds is 4. The van der Waals surface area contributed by atoms with Gasteiger partial charge in [-0.15, -0.1) is 0 Å². The molecule has 1 heterocycles. The van der Waals surface area contributed by atoms with Gasteiger partial charge in [0.1, 0.15) is 5.75 Å². The lowest BCUT2D eigenvalue weighted by atomic mass is 10.1. The zero-order valence-electron chi connectivity index (χ0n) is 10.1. The minimum atomic E-state index is -0.0992. The fraction of sp³-hybridized carbons (Fsp3) is 0.214. The zero-order valence-corrected chi connectivity index (χ0v) is 10.8. The Morgan fingerprint density at radius 3 is 2.83 bits per heavy atom. The fourth-order valence-electron chi connectivity index (χ4n) is 1.61. The van der Waals surface area contributed by atoms with E-state index in [4.69, 9.17) is 21.4 Å². The summed E-state index contributed by atoms with van der Waals surface area (Å²) in [6, 6.07) is 10.8. The van der Waals surface area contributed by atoms with Crippen LogP contribution in [0.4, 0.5) is 0 Å². The van der Waals surface area contributed by atoms with Crippen LogP contribution >= 0.6 is 11.6 Å². The third kappa shape index (κ3) is 3.00. The van der Waals surface area contributed by atoms with Crippen molar-refractivity contribution in [3.63, 3.8) is 0 Å². The summed E-state index contributed by atoms with van der Waals surface area (Å²) in [5.74, 6) is 1.16. The monoisotopic (exact) mass is 263 g/mol. The number of halogens is 1. The number of benzene rings is 1. The summed E-state index contributed by atoms with van der Waals surface area (Å²) in [6.45, 7) is 1.94. The molecular formula is C14H14ClNO2. The van der Waals surface area contributed by atoms with Gasteiger partial charge in [0.05, 0.1) is 12.3 Å². The predicted octanol–water partition coefficient (Wildman–Crippen LogP) is 3.58. The van der Waals surface area contributed by atoms with Crippen LogP contribution in [-0.2, 0) is 13.0 Å². The molecule has 0 saturated heterocycles. The molecule has 2 aromatic rings. The second kappa shape index (κ2) is 5.85. The normalized spacial score (nSPS) is 10.4. The van der Waals surface area contributed by atoms with Crippen molar-refractivity contribution in [1.82, 2.24) is 4.98 Å². The van der Waals surface area contributed by atoms with Crippen LogP contribution in [0.1, 0.15) is 18.2 Å². The Hall–Kier alpha value is -1.58. The number of pyridine rings is 1. The van der Waals surface area contributed by atoms with Gasteiger partial charge in [0.25, 0.3) is 0 Å². The van der Waals surface area contributed by atoms with Gasteiger partial charge in [-0.05, 0) is 36.2 Å². The number of nitrogens with zero attached hydrogens (tertiary/aromatic N) is 1. The highest BCUT2D eigenvalue weighted by atomic mass is 35.5. The van der Waals surface area contributed by atoms with Gasteiger partial charge >= 0.3 is 0 Å². The first-order chi connectivity index (χ1) is 8.72. The lowest BCUT2D eigenvalue weighted by Gasteiger charge is -2.08. The van der Waals surface area contributed by atoms with Crippen LogP contribution in [0.15, 0.2) is 36.4 Å². The summed E-state index contributed by atoms with van der Waals surface area (Å²) in [5.41, 5.74) is 1.62. The Kier molecular flexibility index (Phi) is 4.18. The van der Waals surface area contributed by atoms with Gasteiger partial charge in [0.2, 0.25) is 5.88 Å². The van der Waals surface area contributed by atoms with Crippen LogP contribution in [0.5, 0.6) is 11.6 Å². The van der Waals surface area contributed by atoms with E-state index in [0.717, 1.165) is 17.0 Å². The Morgan fingerprint density at radius 2 is 2.11 bits per heavy atom. The summed E-state index contributed by atoms with van der Waals surface area (Å²) < 4.78 is 5.64. The van der Waals surface area contributed by atoms with E-state index in [2.05, 4.69) is 4.98 Å². The molecule has 18 heavy (non-hydrogen) atoms. The van der Waals surface area contributed by atoms with Gasteiger partial charge in [-0.3, -0.25) is 0 Å². The van der Waals surface area contributed by atoms with E-state index < -0.39 is 0 Å². The largest absolute Gasteiger partial charge is 0.439 e. The Labute approximate surface area is 111 Å². The van der Waals surface area contributed by atoms with Gasteiger partial charge in [0.15, 0.2) is 0 Å². The molecule has 1 aromatic heterocycles. The average molecular weight is 264 g/mol. The van der Waals surface area contributed by atoms with Crippen LogP contribution in [0, 0.1) is 0 Å². The molecular weight excluding hydrogens is 250 g/mol. The van der Waals surface area contributed by atoms with Crippen molar-refractivity contribution < 1.29 is 9.84 Å². The van der Waals surface area contributed by atoms with Crippen LogP contribution in [-0.4, -0.2) is 10.1 Å². The van der Waals surface area contributed by atoms with Crippen molar-refractivity contribution in [2.45, 2.75) is 20.0 Å². The maximum Gasteiger partial charge on any atom is 0.219 e. The molecule has 0 aliphatic rings. The van der Waals surface area contributed by atoms with E-state index in [1.807, 2.05) is 19.1 Å². The second-order valence-corrected chi connectivity index (χ2v) is 4.24. The number of aliphatic hydroxyl groups is 1. The predicted molar refractivity (Wildman–Crippen MR) is 71.1 cm³/mol. The molecule has 0 amide bonds. The number of aliphatic hydroxyl groups excluding tert-OH is 1. The summed E-state index contributed by atoms with van der Waals surface area (Å²) >= 11 is 6.04. The van der Waals surface area contributed by atoms with E-state index in [1.54, 1.807) is 24.3 Å². The summed E-state index contributed by atoms with van der Waals surface area (Å²) in [5, 5.41) is 9.75. The molecule has 1 aromatic carbocycles. The first kappa shape index (κ1) is 12.9. The third-order valence-electron chi connectivity index (χ3n) is 2.56. The molecule has 0 radical (unpaired) electrons. The molecule has 4 heteroatoms. The van der Waals surface area contributed by atoms with E-state index in [9.17, 15) is 0 Å². The molecule has 94 valence electrons. The van der Waals surface area contributed by atoms with E-state index in [1.165, 1.54) is 0 Å². The van der Waals surface area contributed by atoms with Crippen molar-refractivity contribution >= 4 is 11.6 Å². The van der Waals surface area contributed by atoms with Crippen LogP contribution in [0.3, 0.4) is 0 Å². The lowest BCUT2D eigenvalue weighted by Crippen LogP contribution is -1.93. The molecule has 2 rings (SSSR count). The minimum Gasteiger partial charge on any atom is -0.439 e. The molecule has 0 bridgehead atoms. The van der Waals surface area contributed by atoms with Crippen molar-refractivity contribution in [3.05, 3.63) is 52.7 Å². The minimum absolute atomic E-state index is 0.0992. The van der Waals surface area contributed by atoms with Gasteiger partial charge < -0.3 is 9.84 Å². The van der Waals surface area contributed by atoms with Crippen molar-refractivity contribution in [3.8, 4) is 11.6 Å². The van der Waals surface area contributed by atoms with Crippen LogP contribution < -0.4 is 4.74 Å². The van der Waals surface area contributed by atoms with Crippen LogP contribution in [0.25, 0.3) is 0 Å². The van der Waals surface area contributed by atoms with Gasteiger partial charge in [-0.25, -0.2) is 4.98 Å². The molecule has 0 aliphatic heterocycles. The highest BCUT2D eigenvalue weighted by molar-refractivity contribution is 6.31. The molecule has 0 aliphatic carbocycles. The maximum absolute atomic E-state index is 9.01. The van der Waals surface area contributed by atoms with Gasteiger partial charge in [0, 0.05) is 11.1 Å². The van der Waals surface area contributed by atoms with E-state index in [0.29, 0.717) is 17.3 Å². The smallest absolute Gasteiger partial charge is 0.219 e. The second-order valence-electron chi connectivity index (χ2n) is 3.83. The Balaban J connectivity index is 2.22. The molecule has 0 saturated carbocycles. The number of hydrogen-bond donors (Lipinski definition) is 1. The van der Waals surface area contributed by atoms with Crippen molar-refractivity contribution in [2.24, 2.45) is 0 Å². The molecule has 3 nitrogen and oxygen atoms in total. The van der Waals surface area contributed by atoms with E-state index >= 15 is 0 Å². The standard InChI is InChI=1S/C14H14ClNO2/c1-2-10-8-12(6-7-13(10)15)18-14-5-3-4-11(9-17)16-14/h3-8,17H,2,9H2,1H3. The number of ether oxygens (including phenoxy) is 1.